The van der Waals surface area contributed by atoms with Crippen LogP contribution < -0.4 is 5.73 Å². The molecule has 0 aliphatic heterocycles. The fraction of sp³-hybridized carbons (Fsp3) is 0.923. The minimum absolute atomic E-state index is 0.129. The predicted molar refractivity (Wildman–Crippen MR) is 89.3 cm³/mol. The molecule has 0 aromatic heterocycles. The summed E-state index contributed by atoms with van der Waals surface area (Å²) in [7, 11) is 0. The van der Waals surface area contributed by atoms with E-state index in [4.69, 9.17) is 22.7 Å². The van der Waals surface area contributed by atoms with E-state index in [0.717, 1.165) is 11.8 Å². The highest BCUT2D eigenvalue weighted by molar-refractivity contribution is 14.1. The molecule has 0 bridgehead atoms. The van der Waals surface area contributed by atoms with Crippen LogP contribution in [0.1, 0.15) is 32.6 Å². The number of hydrogen-bond donors (Lipinski definition) is 2. The highest BCUT2D eigenvalue weighted by Crippen LogP contribution is 2.77. The van der Waals surface area contributed by atoms with Gasteiger partial charge in [0.25, 0.3) is 0 Å². The standard InChI is InChI=1S/C13H20INOS2/c1-7-8-3-2-4-13(8,15)9-5-12(7,9)10(14)6-16-11(17)18/h7-10H,2-6,15H2,1H3,(H,17,18)/t7-,8?,9+,10?,12?,13?/m0/s1. The Morgan fingerprint density at radius 3 is 3.00 bits per heavy atom. The Hall–Kier alpha value is 0.930. The van der Waals surface area contributed by atoms with Gasteiger partial charge in [-0.15, -0.1) is 0 Å². The molecule has 0 aromatic rings. The smallest absolute Gasteiger partial charge is 0.216 e. The van der Waals surface area contributed by atoms with Crippen LogP contribution in [0.4, 0.5) is 0 Å². The zero-order chi connectivity index (χ0) is 13.1. The van der Waals surface area contributed by atoms with Crippen LogP contribution >= 0.6 is 47.4 Å². The van der Waals surface area contributed by atoms with Crippen LogP contribution in [0.25, 0.3) is 0 Å². The van der Waals surface area contributed by atoms with E-state index in [9.17, 15) is 0 Å². The number of fused-ring (bicyclic) bond motifs is 3. The zero-order valence-corrected chi connectivity index (χ0v) is 14.4. The summed E-state index contributed by atoms with van der Waals surface area (Å²) in [4.78, 5) is 0. The van der Waals surface area contributed by atoms with E-state index < -0.39 is 0 Å². The maximum absolute atomic E-state index is 6.73. The lowest BCUT2D eigenvalue weighted by Crippen LogP contribution is -2.44. The molecule has 0 aromatic carbocycles. The molecular weight excluding hydrogens is 377 g/mol. The lowest BCUT2D eigenvalue weighted by atomic mass is 9.79. The lowest BCUT2D eigenvalue weighted by Gasteiger charge is -2.31. The first-order chi connectivity index (χ1) is 8.43. The fourth-order valence-corrected chi connectivity index (χ4v) is 6.60. The Morgan fingerprint density at radius 1 is 1.67 bits per heavy atom. The van der Waals surface area contributed by atoms with E-state index in [0.29, 0.717) is 26.2 Å². The molecule has 2 N–H and O–H groups in total. The maximum atomic E-state index is 6.73. The van der Waals surface area contributed by atoms with Gasteiger partial charge >= 0.3 is 0 Å². The third kappa shape index (κ3) is 1.72. The van der Waals surface area contributed by atoms with Gasteiger partial charge in [0, 0.05) is 5.54 Å². The van der Waals surface area contributed by atoms with E-state index >= 15 is 0 Å². The van der Waals surface area contributed by atoms with Gasteiger partial charge in [0.05, 0.1) is 3.92 Å². The lowest BCUT2D eigenvalue weighted by molar-refractivity contribution is 0.212. The van der Waals surface area contributed by atoms with Gasteiger partial charge in [0.1, 0.15) is 6.61 Å². The minimum atomic E-state index is 0.129. The van der Waals surface area contributed by atoms with Crippen molar-refractivity contribution in [3.8, 4) is 0 Å². The average Bonchev–Trinajstić information content (AvgIpc) is 2.92. The summed E-state index contributed by atoms with van der Waals surface area (Å²) in [6, 6.07) is 0. The quantitative estimate of drug-likeness (QED) is 0.332. The topological polar surface area (TPSA) is 35.2 Å². The molecule has 0 saturated heterocycles. The number of nitrogens with two attached hydrogens (primary N) is 1. The first-order valence-electron chi connectivity index (χ1n) is 6.71. The summed E-state index contributed by atoms with van der Waals surface area (Å²) in [5, 5.41) is 0. The molecule has 0 amide bonds. The second-order valence-electron chi connectivity index (χ2n) is 6.31. The molecule has 2 nitrogen and oxygen atoms in total. The normalized spacial score (nSPS) is 50.6. The van der Waals surface area contributed by atoms with Crippen molar-refractivity contribution in [3.05, 3.63) is 0 Å². The minimum Gasteiger partial charge on any atom is -0.478 e. The van der Waals surface area contributed by atoms with E-state index in [1.54, 1.807) is 0 Å². The van der Waals surface area contributed by atoms with Crippen LogP contribution in [0, 0.1) is 23.2 Å². The summed E-state index contributed by atoms with van der Waals surface area (Å²) < 4.78 is 6.32. The highest BCUT2D eigenvalue weighted by Gasteiger charge is 2.76. The number of alkyl halides is 1. The van der Waals surface area contributed by atoms with Crippen molar-refractivity contribution in [2.24, 2.45) is 28.9 Å². The number of thiol groups is 1. The Kier molecular flexibility index (Phi) is 3.45. The van der Waals surface area contributed by atoms with Gasteiger partial charge < -0.3 is 10.5 Å². The molecule has 4 unspecified atom stereocenters. The summed E-state index contributed by atoms with van der Waals surface area (Å²) >= 11 is 11.5. The Balaban J connectivity index is 1.76. The number of ether oxygens (including phenoxy) is 1. The van der Waals surface area contributed by atoms with Gasteiger partial charge in [-0.1, -0.05) is 48.6 Å². The van der Waals surface area contributed by atoms with Crippen molar-refractivity contribution < 1.29 is 4.74 Å². The third-order valence-electron chi connectivity index (χ3n) is 5.90. The van der Waals surface area contributed by atoms with Gasteiger partial charge in [-0.25, -0.2) is 0 Å². The molecule has 0 heterocycles. The van der Waals surface area contributed by atoms with Crippen molar-refractivity contribution >= 4 is 51.8 Å². The summed E-state index contributed by atoms with van der Waals surface area (Å²) in [5.74, 6) is 2.18. The number of rotatable bonds is 3. The Morgan fingerprint density at radius 2 is 2.39 bits per heavy atom. The Bertz CT molecular complexity index is 389. The first kappa shape index (κ1) is 13.9. The zero-order valence-electron chi connectivity index (χ0n) is 10.6. The summed E-state index contributed by atoms with van der Waals surface area (Å²) in [6.45, 7) is 3.10. The van der Waals surface area contributed by atoms with Crippen LogP contribution in [-0.4, -0.2) is 20.5 Å². The van der Waals surface area contributed by atoms with Gasteiger partial charge in [-0.3, -0.25) is 0 Å². The van der Waals surface area contributed by atoms with Gasteiger partial charge in [0.15, 0.2) is 0 Å². The first-order valence-corrected chi connectivity index (χ1v) is 8.81. The van der Waals surface area contributed by atoms with E-state index in [-0.39, 0.29) is 5.54 Å². The maximum Gasteiger partial charge on any atom is 0.216 e. The molecule has 0 radical (unpaired) electrons. The van der Waals surface area contributed by atoms with Crippen molar-refractivity contribution in [3.63, 3.8) is 0 Å². The average molecular weight is 397 g/mol. The van der Waals surface area contributed by atoms with E-state index in [1.165, 1.54) is 25.7 Å². The molecule has 0 spiro atoms. The van der Waals surface area contributed by atoms with Crippen molar-refractivity contribution in [2.75, 3.05) is 6.61 Å². The van der Waals surface area contributed by atoms with Crippen LogP contribution in [0.5, 0.6) is 0 Å². The Labute approximate surface area is 133 Å². The monoisotopic (exact) mass is 397 g/mol. The van der Waals surface area contributed by atoms with Crippen molar-refractivity contribution in [1.82, 2.24) is 0 Å². The molecule has 5 heteroatoms. The van der Waals surface area contributed by atoms with E-state index in [1.807, 2.05) is 0 Å². The van der Waals surface area contributed by atoms with E-state index in [2.05, 4.69) is 42.1 Å². The summed E-state index contributed by atoms with van der Waals surface area (Å²) in [6.07, 6.45) is 5.16. The largest absolute Gasteiger partial charge is 0.478 e. The van der Waals surface area contributed by atoms with Crippen LogP contribution in [0.3, 0.4) is 0 Å². The molecule has 3 fully saturated rings. The van der Waals surface area contributed by atoms with Crippen LogP contribution in [-0.2, 0) is 4.74 Å². The van der Waals surface area contributed by atoms with Gasteiger partial charge in [0.2, 0.25) is 4.38 Å². The molecule has 6 atom stereocenters. The van der Waals surface area contributed by atoms with Gasteiger partial charge in [-0.05, 0) is 54.6 Å². The SMILES string of the molecule is C[C@H]1C2CCCC2(N)[C@@H]2CC12C(I)COC(=S)S. The molecule has 3 rings (SSSR count). The second-order valence-corrected chi connectivity index (χ2v) is 8.90. The molecule has 18 heavy (non-hydrogen) atoms. The number of halogens is 1. The summed E-state index contributed by atoms with van der Waals surface area (Å²) in [5.41, 5.74) is 7.28. The predicted octanol–water partition coefficient (Wildman–Crippen LogP) is 3.17. The second kappa shape index (κ2) is 4.46. The highest BCUT2D eigenvalue weighted by atomic mass is 127. The van der Waals surface area contributed by atoms with Crippen molar-refractivity contribution in [1.29, 1.82) is 0 Å². The van der Waals surface area contributed by atoms with Gasteiger partial charge in [-0.2, -0.15) is 0 Å². The molecule has 3 aliphatic rings. The molecular formula is C13H20INOS2. The van der Waals surface area contributed by atoms with Crippen molar-refractivity contribution in [2.45, 2.75) is 42.1 Å². The number of hydrogen-bond acceptors (Lipinski definition) is 3. The molecule has 3 saturated carbocycles. The third-order valence-corrected chi connectivity index (χ3v) is 7.66. The van der Waals surface area contributed by atoms with Crippen LogP contribution in [0.2, 0.25) is 0 Å². The number of thiocarbonyl (C=S) groups is 1. The fourth-order valence-electron chi connectivity index (χ4n) is 5.02. The molecule has 102 valence electrons. The van der Waals surface area contributed by atoms with Crippen LogP contribution in [0.15, 0.2) is 0 Å². The molecule has 3 aliphatic carbocycles.